The Labute approximate surface area is 183 Å². The fourth-order valence-corrected chi connectivity index (χ4v) is 3.49. The summed E-state index contributed by atoms with van der Waals surface area (Å²) in [5.74, 6) is -1.57. The van der Waals surface area contributed by atoms with Gasteiger partial charge >= 0.3 is 6.18 Å². The van der Waals surface area contributed by atoms with Gasteiger partial charge in [-0.15, -0.1) is 5.10 Å². The fraction of sp³-hybridized carbons (Fsp3) is 0.550. The molecule has 3 aromatic rings. The van der Waals surface area contributed by atoms with Crippen molar-refractivity contribution in [1.82, 2.24) is 34.3 Å². The van der Waals surface area contributed by atoms with Gasteiger partial charge in [0.2, 0.25) is 5.91 Å². The van der Waals surface area contributed by atoms with E-state index in [1.165, 1.54) is 0 Å². The predicted octanol–water partition coefficient (Wildman–Crippen LogP) is 2.87. The molecule has 0 unspecified atom stereocenters. The van der Waals surface area contributed by atoms with Crippen LogP contribution in [-0.2, 0) is 23.9 Å². The summed E-state index contributed by atoms with van der Waals surface area (Å²) in [5, 5.41) is 10.6. The van der Waals surface area contributed by atoms with Gasteiger partial charge in [-0.25, -0.2) is 9.50 Å². The lowest BCUT2D eigenvalue weighted by Gasteiger charge is -2.17. The van der Waals surface area contributed by atoms with Crippen molar-refractivity contribution < 1.29 is 18.0 Å². The van der Waals surface area contributed by atoms with E-state index in [-0.39, 0.29) is 18.1 Å². The number of nitrogens with zero attached hydrogens (tertiary/aromatic N) is 7. The average Bonchev–Trinajstić information content (AvgIpc) is 3.35. The van der Waals surface area contributed by atoms with Crippen molar-refractivity contribution in [2.24, 2.45) is 0 Å². The number of aromatic nitrogens is 6. The van der Waals surface area contributed by atoms with Gasteiger partial charge in [0.1, 0.15) is 0 Å². The molecule has 3 heterocycles. The number of aryl methyl sites for hydroxylation is 2. The number of anilines is 1. The van der Waals surface area contributed by atoms with Crippen LogP contribution in [0.25, 0.3) is 5.78 Å². The first-order valence-electron chi connectivity index (χ1n) is 10.5. The van der Waals surface area contributed by atoms with E-state index in [0.717, 1.165) is 30.7 Å². The predicted molar refractivity (Wildman–Crippen MR) is 112 cm³/mol. The number of hydrogen-bond donors (Lipinski definition) is 1. The third kappa shape index (κ3) is 5.42. The number of hydrogen-bond acceptors (Lipinski definition) is 6. The Morgan fingerprint density at radius 1 is 1.19 bits per heavy atom. The summed E-state index contributed by atoms with van der Waals surface area (Å²) >= 11 is 0. The average molecular weight is 452 g/mol. The zero-order valence-electron chi connectivity index (χ0n) is 18.6. The molecule has 0 spiro atoms. The van der Waals surface area contributed by atoms with E-state index in [1.807, 2.05) is 0 Å². The molecule has 0 aliphatic carbocycles. The molecule has 1 amide bonds. The molecule has 3 aromatic heterocycles. The van der Waals surface area contributed by atoms with Crippen LogP contribution >= 0.6 is 0 Å². The Balaban J connectivity index is 1.62. The van der Waals surface area contributed by atoms with Gasteiger partial charge in [0.15, 0.2) is 0 Å². The molecule has 9 nitrogen and oxygen atoms in total. The number of nitrogens with one attached hydrogen (secondary N) is 1. The first-order valence-corrected chi connectivity index (χ1v) is 10.5. The van der Waals surface area contributed by atoms with Crippen molar-refractivity contribution in [2.75, 3.05) is 25.0 Å². The molecule has 0 bridgehead atoms. The second-order valence-electron chi connectivity index (χ2n) is 7.47. The maximum Gasteiger partial charge on any atom is 0.453 e. The molecular formula is C20H27F3N8O. The monoisotopic (exact) mass is 452 g/mol. The van der Waals surface area contributed by atoms with Gasteiger partial charge in [0.05, 0.1) is 18.4 Å². The lowest BCUT2D eigenvalue weighted by Crippen LogP contribution is -2.27. The van der Waals surface area contributed by atoms with Crippen molar-refractivity contribution in [3.05, 3.63) is 35.2 Å². The zero-order chi connectivity index (χ0) is 23.5. The van der Waals surface area contributed by atoms with E-state index in [2.05, 4.69) is 44.2 Å². The van der Waals surface area contributed by atoms with Crippen LogP contribution in [0.2, 0.25) is 0 Å². The van der Waals surface area contributed by atoms with Crippen molar-refractivity contribution in [1.29, 1.82) is 0 Å². The maximum absolute atomic E-state index is 12.9. The van der Waals surface area contributed by atoms with Crippen LogP contribution in [0.4, 0.5) is 18.9 Å². The molecule has 0 saturated carbocycles. The Hall–Kier alpha value is -3.02. The van der Waals surface area contributed by atoms with Crippen molar-refractivity contribution in [3.63, 3.8) is 0 Å². The summed E-state index contributed by atoms with van der Waals surface area (Å²) in [6, 6.07) is 0. The molecule has 0 aromatic carbocycles. The number of carbonyl (C=O) groups excluding carboxylic acids is 1. The second kappa shape index (κ2) is 9.63. The van der Waals surface area contributed by atoms with Gasteiger partial charge in [-0.1, -0.05) is 13.8 Å². The molecular weight excluding hydrogens is 425 g/mol. The highest BCUT2D eigenvalue weighted by Crippen LogP contribution is 2.27. The largest absolute Gasteiger partial charge is 0.453 e. The summed E-state index contributed by atoms with van der Waals surface area (Å²) in [4.78, 5) is 22.3. The van der Waals surface area contributed by atoms with Crippen LogP contribution in [0.3, 0.4) is 0 Å². The highest BCUT2D eigenvalue weighted by Gasteiger charge is 2.37. The number of halogens is 3. The van der Waals surface area contributed by atoms with Crippen LogP contribution in [-0.4, -0.2) is 59.8 Å². The van der Waals surface area contributed by atoms with Crippen LogP contribution in [0.5, 0.6) is 0 Å². The van der Waals surface area contributed by atoms with E-state index in [4.69, 9.17) is 0 Å². The van der Waals surface area contributed by atoms with Gasteiger partial charge in [0.25, 0.3) is 11.6 Å². The Bertz CT molecular complexity index is 1080. The number of alkyl halides is 3. The minimum Gasteiger partial charge on any atom is -0.323 e. The molecule has 32 heavy (non-hydrogen) atoms. The summed E-state index contributed by atoms with van der Waals surface area (Å²) in [7, 11) is 0. The molecule has 12 heteroatoms. The minimum absolute atomic E-state index is 0.113. The molecule has 0 radical (unpaired) electrons. The van der Waals surface area contributed by atoms with E-state index in [9.17, 15) is 18.0 Å². The number of likely N-dealkylation sites (N-methyl/N-ethyl adjacent to an activating group) is 1. The van der Waals surface area contributed by atoms with Crippen molar-refractivity contribution in [3.8, 4) is 0 Å². The zero-order valence-corrected chi connectivity index (χ0v) is 18.6. The Kier molecular flexibility index (Phi) is 7.12. The van der Waals surface area contributed by atoms with Crippen molar-refractivity contribution >= 4 is 17.4 Å². The third-order valence-electron chi connectivity index (χ3n) is 5.36. The molecule has 0 fully saturated rings. The number of rotatable bonds is 9. The summed E-state index contributed by atoms with van der Waals surface area (Å²) in [6.07, 6.45) is -0.828. The van der Waals surface area contributed by atoms with E-state index < -0.39 is 12.0 Å². The van der Waals surface area contributed by atoms with E-state index in [1.54, 1.807) is 30.9 Å². The van der Waals surface area contributed by atoms with Crippen LogP contribution < -0.4 is 5.32 Å². The summed E-state index contributed by atoms with van der Waals surface area (Å²) in [5.41, 5.74) is 2.27. The lowest BCUT2D eigenvalue weighted by molar-refractivity contribution is -0.144. The quantitative estimate of drug-likeness (QED) is 0.537. The highest BCUT2D eigenvalue weighted by atomic mass is 19.4. The number of amides is 1. The van der Waals surface area contributed by atoms with Crippen LogP contribution in [0.1, 0.15) is 43.0 Å². The second-order valence-corrected chi connectivity index (χ2v) is 7.47. The highest BCUT2D eigenvalue weighted by molar-refractivity contribution is 5.90. The molecule has 3 rings (SSSR count). The molecule has 0 aliphatic heterocycles. The first kappa shape index (κ1) is 23.6. The molecule has 0 atom stereocenters. The molecule has 1 N–H and O–H groups in total. The SMILES string of the molecule is CCN(CC)CCn1cc(NC(=O)CCc2c(C)nc3nc(C(F)(F)F)nn3c2C)cn1. The third-order valence-corrected chi connectivity index (χ3v) is 5.36. The fourth-order valence-electron chi connectivity index (χ4n) is 3.49. The minimum atomic E-state index is -4.65. The normalized spacial score (nSPS) is 12.1. The van der Waals surface area contributed by atoms with Gasteiger partial charge in [-0.05, 0) is 38.9 Å². The topological polar surface area (TPSA) is 93.2 Å². The van der Waals surface area contributed by atoms with Gasteiger partial charge in [-0.3, -0.25) is 9.48 Å². The van der Waals surface area contributed by atoms with Crippen LogP contribution in [0.15, 0.2) is 12.4 Å². The summed E-state index contributed by atoms with van der Waals surface area (Å²) < 4.78 is 41.6. The molecule has 174 valence electrons. The summed E-state index contributed by atoms with van der Waals surface area (Å²) in [6.45, 7) is 11.1. The maximum atomic E-state index is 12.9. The molecule has 0 aliphatic rings. The van der Waals surface area contributed by atoms with Crippen molar-refractivity contribution in [2.45, 2.75) is 53.3 Å². The first-order chi connectivity index (χ1) is 15.1. The Morgan fingerprint density at radius 2 is 1.91 bits per heavy atom. The van der Waals surface area contributed by atoms with Gasteiger partial charge < -0.3 is 10.2 Å². The standard InChI is InChI=1S/C20H27F3N8O/c1-5-29(6-2)9-10-30-12-15(11-24-30)26-17(32)8-7-16-13(3)25-19-27-18(20(21,22)23)28-31(19)14(16)4/h11-12H,5-10H2,1-4H3,(H,26,32). The van der Waals surface area contributed by atoms with E-state index in [0.29, 0.717) is 29.1 Å². The van der Waals surface area contributed by atoms with Gasteiger partial charge in [0, 0.05) is 30.6 Å². The van der Waals surface area contributed by atoms with Crippen LogP contribution in [0, 0.1) is 13.8 Å². The Morgan fingerprint density at radius 3 is 2.56 bits per heavy atom. The lowest BCUT2D eigenvalue weighted by atomic mass is 10.1. The smallest absolute Gasteiger partial charge is 0.323 e. The number of fused-ring (bicyclic) bond motifs is 1. The molecule has 0 saturated heterocycles. The van der Waals surface area contributed by atoms with Gasteiger partial charge in [-0.2, -0.15) is 23.3 Å². The van der Waals surface area contributed by atoms with E-state index >= 15 is 0 Å². The number of carbonyl (C=O) groups is 1.